The molecule has 1 aromatic rings. The maximum absolute atomic E-state index is 6.29. The summed E-state index contributed by atoms with van der Waals surface area (Å²) in [6.45, 7) is 6.48. The van der Waals surface area contributed by atoms with E-state index in [-0.39, 0.29) is 5.54 Å². The number of nitrogens with one attached hydrogen (secondary N) is 2. The highest BCUT2D eigenvalue weighted by molar-refractivity contribution is 7.97. The van der Waals surface area contributed by atoms with Gasteiger partial charge in [-0.05, 0) is 88.4 Å². The van der Waals surface area contributed by atoms with E-state index < -0.39 is 0 Å². The van der Waals surface area contributed by atoms with Crippen molar-refractivity contribution in [3.63, 3.8) is 0 Å². The van der Waals surface area contributed by atoms with Gasteiger partial charge in [-0.15, -0.1) is 0 Å². The first-order valence-electron chi connectivity index (χ1n) is 8.67. The summed E-state index contributed by atoms with van der Waals surface area (Å²) in [4.78, 5) is 1.15. The van der Waals surface area contributed by atoms with E-state index in [2.05, 4.69) is 61.2 Å². The Balaban J connectivity index is 1.66. The zero-order valence-corrected chi connectivity index (χ0v) is 15.2. The van der Waals surface area contributed by atoms with Crippen LogP contribution in [0.25, 0.3) is 0 Å². The third kappa shape index (κ3) is 4.45. The van der Waals surface area contributed by atoms with Gasteiger partial charge < -0.3 is 11.1 Å². The first kappa shape index (κ1) is 16.7. The fourth-order valence-electron chi connectivity index (χ4n) is 3.52. The molecule has 3 rings (SSSR count). The van der Waals surface area contributed by atoms with E-state index in [9.17, 15) is 0 Å². The minimum atomic E-state index is 0.0838. The van der Waals surface area contributed by atoms with Crippen LogP contribution in [0.2, 0.25) is 0 Å². The molecule has 1 aromatic carbocycles. The van der Waals surface area contributed by atoms with E-state index in [4.69, 9.17) is 5.73 Å². The Kier molecular flexibility index (Phi) is 4.93. The fourth-order valence-corrected chi connectivity index (χ4v) is 4.27. The monoisotopic (exact) mass is 331 g/mol. The van der Waals surface area contributed by atoms with Gasteiger partial charge in [0, 0.05) is 16.5 Å². The molecule has 2 aliphatic rings. The maximum Gasteiger partial charge on any atom is 0.0579 e. The number of nitrogen functional groups attached to an aromatic ring is 1. The number of hydrogen-bond acceptors (Lipinski definition) is 4. The molecule has 0 amide bonds. The lowest BCUT2D eigenvalue weighted by atomic mass is 9.98. The molecule has 3 atom stereocenters. The summed E-state index contributed by atoms with van der Waals surface area (Å²) in [5, 5.41) is 3.67. The highest BCUT2D eigenvalue weighted by Crippen LogP contribution is 2.39. The normalized spacial score (nSPS) is 27.0. The number of fused-ring (bicyclic) bond motifs is 2. The highest BCUT2D eigenvalue weighted by atomic mass is 32.2. The number of hydrogen-bond donors (Lipinski definition) is 3. The third-order valence-electron chi connectivity index (χ3n) is 4.72. The second-order valence-corrected chi connectivity index (χ2v) is 8.86. The van der Waals surface area contributed by atoms with Crippen molar-refractivity contribution in [1.82, 2.24) is 4.72 Å². The van der Waals surface area contributed by atoms with Crippen LogP contribution in [0, 0.1) is 11.8 Å². The average Bonchev–Trinajstić information content (AvgIpc) is 2.84. The maximum atomic E-state index is 6.29. The molecule has 0 radical (unpaired) electrons. The van der Waals surface area contributed by atoms with Gasteiger partial charge in [0.15, 0.2) is 0 Å². The van der Waals surface area contributed by atoms with Gasteiger partial charge in [-0.3, -0.25) is 4.72 Å². The second kappa shape index (κ2) is 6.78. The van der Waals surface area contributed by atoms with Crippen LogP contribution in [0.15, 0.2) is 35.2 Å². The second-order valence-electron chi connectivity index (χ2n) is 7.98. The van der Waals surface area contributed by atoms with Crippen molar-refractivity contribution < 1.29 is 0 Å². The first-order valence-corrected chi connectivity index (χ1v) is 9.49. The van der Waals surface area contributed by atoms with Crippen molar-refractivity contribution in [2.75, 3.05) is 11.1 Å². The van der Waals surface area contributed by atoms with Crippen LogP contribution >= 0.6 is 11.9 Å². The summed E-state index contributed by atoms with van der Waals surface area (Å²) in [6, 6.07) is 6.74. The third-order valence-corrected chi connectivity index (χ3v) is 5.93. The van der Waals surface area contributed by atoms with Gasteiger partial charge in [-0.1, -0.05) is 12.2 Å². The minimum absolute atomic E-state index is 0.0838. The quantitative estimate of drug-likeness (QED) is 0.420. The van der Waals surface area contributed by atoms with E-state index in [0.29, 0.717) is 6.04 Å². The molecule has 0 aromatic heterocycles. The lowest BCUT2D eigenvalue weighted by Gasteiger charge is -2.24. The lowest BCUT2D eigenvalue weighted by Crippen LogP contribution is -2.29. The number of allylic oxidation sites excluding steroid dienone is 1. The topological polar surface area (TPSA) is 50.1 Å². The van der Waals surface area contributed by atoms with Crippen molar-refractivity contribution in [3.8, 4) is 0 Å². The van der Waals surface area contributed by atoms with Gasteiger partial charge in [0.1, 0.15) is 0 Å². The van der Waals surface area contributed by atoms with Gasteiger partial charge in [-0.25, -0.2) is 0 Å². The Labute approximate surface area is 144 Å². The SMILES string of the molecule is CC(C)(C)NSc1ccc(NC2C=CCC3CCC2C3)c(N)c1. The molecular formula is C19H29N3S. The lowest BCUT2D eigenvalue weighted by molar-refractivity contribution is 0.487. The van der Waals surface area contributed by atoms with Gasteiger partial charge in [-0.2, -0.15) is 0 Å². The molecule has 0 heterocycles. The van der Waals surface area contributed by atoms with Crippen molar-refractivity contribution in [2.45, 2.75) is 62.9 Å². The van der Waals surface area contributed by atoms with Crippen molar-refractivity contribution in [2.24, 2.45) is 11.8 Å². The van der Waals surface area contributed by atoms with Crippen molar-refractivity contribution >= 4 is 23.3 Å². The molecule has 1 saturated carbocycles. The van der Waals surface area contributed by atoms with Gasteiger partial charge in [0.05, 0.1) is 11.4 Å². The summed E-state index contributed by atoms with van der Waals surface area (Å²) in [5.41, 5.74) is 8.26. The smallest absolute Gasteiger partial charge is 0.0579 e. The Morgan fingerprint density at radius 2 is 2.04 bits per heavy atom. The zero-order chi connectivity index (χ0) is 16.4. The van der Waals surface area contributed by atoms with E-state index >= 15 is 0 Å². The molecule has 3 nitrogen and oxygen atoms in total. The van der Waals surface area contributed by atoms with Gasteiger partial charge in [0.2, 0.25) is 0 Å². The predicted molar refractivity (Wildman–Crippen MR) is 102 cm³/mol. The first-order chi connectivity index (χ1) is 10.9. The van der Waals surface area contributed by atoms with Crippen LogP contribution in [-0.2, 0) is 0 Å². The van der Waals surface area contributed by atoms with E-state index in [0.717, 1.165) is 28.1 Å². The molecule has 3 unspecified atom stereocenters. The summed E-state index contributed by atoms with van der Waals surface area (Å²) in [5.74, 6) is 1.66. The number of nitrogens with two attached hydrogens (primary N) is 1. The summed E-state index contributed by atoms with van der Waals surface area (Å²) in [6.07, 6.45) is 10.0. The Hall–Kier alpha value is -1.13. The number of anilines is 2. The van der Waals surface area contributed by atoms with Gasteiger partial charge in [0.25, 0.3) is 0 Å². The molecular weight excluding hydrogens is 302 g/mol. The molecule has 126 valence electrons. The molecule has 0 aliphatic heterocycles. The molecule has 23 heavy (non-hydrogen) atoms. The standard InChI is InChI=1S/C19H29N3S/c1-19(2,3)22-23-15-9-10-18(16(20)12-15)21-17-6-4-5-13-7-8-14(17)11-13/h4,6,9-10,12-14,17,21-22H,5,7-8,11,20H2,1-3H3. The van der Waals surface area contributed by atoms with E-state index in [1.807, 2.05) is 0 Å². The molecule has 0 spiro atoms. The Bertz CT molecular complexity index is 576. The van der Waals surface area contributed by atoms with E-state index in [1.165, 1.54) is 25.7 Å². The van der Waals surface area contributed by atoms with Crippen LogP contribution in [0.5, 0.6) is 0 Å². The Morgan fingerprint density at radius 3 is 2.78 bits per heavy atom. The molecule has 0 saturated heterocycles. The van der Waals surface area contributed by atoms with Crippen LogP contribution in [-0.4, -0.2) is 11.6 Å². The molecule has 2 bridgehead atoms. The summed E-state index contributed by atoms with van der Waals surface area (Å²) in [7, 11) is 0. The average molecular weight is 332 g/mol. The Morgan fingerprint density at radius 1 is 1.22 bits per heavy atom. The molecule has 1 fully saturated rings. The summed E-state index contributed by atoms with van der Waals surface area (Å²) >= 11 is 1.64. The highest BCUT2D eigenvalue weighted by Gasteiger charge is 2.31. The molecule has 4 heteroatoms. The van der Waals surface area contributed by atoms with Gasteiger partial charge >= 0.3 is 0 Å². The molecule has 2 aliphatic carbocycles. The fraction of sp³-hybridized carbons (Fsp3) is 0.579. The van der Waals surface area contributed by atoms with Crippen LogP contribution < -0.4 is 15.8 Å². The number of benzene rings is 1. The van der Waals surface area contributed by atoms with Crippen molar-refractivity contribution in [3.05, 3.63) is 30.4 Å². The van der Waals surface area contributed by atoms with Crippen LogP contribution in [0.3, 0.4) is 0 Å². The summed E-state index contributed by atoms with van der Waals surface area (Å²) < 4.78 is 3.43. The largest absolute Gasteiger partial charge is 0.397 e. The predicted octanol–water partition coefficient (Wildman–Crippen LogP) is 4.82. The number of rotatable bonds is 4. The zero-order valence-electron chi connectivity index (χ0n) is 14.4. The molecule has 4 N–H and O–H groups in total. The van der Waals surface area contributed by atoms with Crippen LogP contribution in [0.4, 0.5) is 11.4 Å². The van der Waals surface area contributed by atoms with Crippen LogP contribution in [0.1, 0.15) is 46.5 Å². The van der Waals surface area contributed by atoms with E-state index in [1.54, 1.807) is 11.9 Å². The van der Waals surface area contributed by atoms with Crippen molar-refractivity contribution in [1.29, 1.82) is 0 Å². The minimum Gasteiger partial charge on any atom is -0.397 e.